The molecule has 2 fully saturated rings. The summed E-state index contributed by atoms with van der Waals surface area (Å²) in [6.45, 7) is 6.75. The molecule has 3 N–H and O–H groups in total. The fourth-order valence-corrected chi connectivity index (χ4v) is 7.17. The van der Waals surface area contributed by atoms with Gasteiger partial charge in [0.25, 0.3) is 15.9 Å². The molecule has 1 atom stereocenters. The maximum absolute atomic E-state index is 13.0. The topological polar surface area (TPSA) is 127 Å². The second kappa shape index (κ2) is 13.7. The van der Waals surface area contributed by atoms with Crippen LogP contribution in [-0.4, -0.2) is 54.3 Å². The number of rotatable bonds is 13. The number of hydrogen-bond acceptors (Lipinski definition) is 8. The number of aromatic nitrogens is 3. The number of amides is 1. The lowest BCUT2D eigenvalue weighted by atomic mass is 9.94. The number of anilines is 1. The first kappa shape index (κ1) is 31.3. The molecule has 0 unspecified atom stereocenters. The molecule has 1 amide bonds. The van der Waals surface area contributed by atoms with Crippen molar-refractivity contribution in [1.29, 1.82) is 0 Å². The monoisotopic (exact) mass is 628 g/mol. The number of carbonyl (C=O) groups is 1. The van der Waals surface area contributed by atoms with Crippen molar-refractivity contribution in [2.75, 3.05) is 25.0 Å². The van der Waals surface area contributed by atoms with Gasteiger partial charge in [0.1, 0.15) is 5.82 Å². The van der Waals surface area contributed by atoms with Gasteiger partial charge in [0.2, 0.25) is 5.88 Å². The quantitative estimate of drug-likeness (QED) is 0.209. The summed E-state index contributed by atoms with van der Waals surface area (Å²) in [5, 5.41) is 11.0. The Hall–Kier alpha value is -3.15. The van der Waals surface area contributed by atoms with E-state index in [0.717, 1.165) is 38.1 Å². The van der Waals surface area contributed by atoms with Crippen LogP contribution < -0.4 is 20.1 Å². The molecule has 232 valence electrons. The van der Waals surface area contributed by atoms with Crippen LogP contribution in [0.25, 0.3) is 5.69 Å². The molecule has 1 aromatic carbocycles. The van der Waals surface area contributed by atoms with E-state index in [1.807, 2.05) is 0 Å². The Labute approximate surface area is 259 Å². The molecular weight excluding hydrogens is 588 g/mol. The summed E-state index contributed by atoms with van der Waals surface area (Å²) < 4.78 is 35.5. The standard InChI is InChI=1S/C31H41ClN6O4S/c1-31(2)20-23(21-34-31)9-6-16-33-27-10-5-11-29(35-27)43(40,41)37-30(39)25-13-12-24(19-26(25)32)38-17-14-28(36-38)42-18-15-22-7-3-4-8-22/h5,10-14,17,19,22-23,34H,3-4,6-9,15-16,18,20-21H2,1-2H3,(H,33,35)(H,37,39)/t23-/m0/s1. The van der Waals surface area contributed by atoms with Crippen molar-refractivity contribution in [3.05, 3.63) is 59.2 Å². The summed E-state index contributed by atoms with van der Waals surface area (Å²) in [7, 11) is -4.23. The van der Waals surface area contributed by atoms with Crippen LogP contribution in [0, 0.1) is 11.8 Å². The second-order valence-corrected chi connectivity index (χ2v) is 14.3. The molecule has 5 rings (SSSR count). The average molecular weight is 629 g/mol. The van der Waals surface area contributed by atoms with Gasteiger partial charge >= 0.3 is 0 Å². The Morgan fingerprint density at radius 2 is 1.95 bits per heavy atom. The van der Waals surface area contributed by atoms with Gasteiger partial charge in [-0.05, 0) is 88.2 Å². The van der Waals surface area contributed by atoms with Crippen LogP contribution in [0.4, 0.5) is 5.82 Å². The maximum atomic E-state index is 13.0. The van der Waals surface area contributed by atoms with E-state index in [2.05, 4.69) is 39.3 Å². The Balaban J connectivity index is 1.14. The van der Waals surface area contributed by atoms with Crippen LogP contribution in [0.3, 0.4) is 0 Å². The highest BCUT2D eigenvalue weighted by Crippen LogP contribution is 2.28. The summed E-state index contributed by atoms with van der Waals surface area (Å²) in [4.78, 5) is 17.2. The molecule has 10 nitrogen and oxygen atoms in total. The molecule has 1 aliphatic heterocycles. The van der Waals surface area contributed by atoms with Gasteiger partial charge in [0.15, 0.2) is 5.03 Å². The SMILES string of the molecule is CC1(C)C[C@H](CCCNc2cccc(S(=O)(=O)NC(=O)c3ccc(-n4ccc(OCCC5CCCC5)n4)cc3Cl)n2)CN1. The van der Waals surface area contributed by atoms with Crippen LogP contribution in [0.1, 0.15) is 75.6 Å². The third-order valence-corrected chi connectivity index (χ3v) is 9.81. The van der Waals surface area contributed by atoms with E-state index in [0.29, 0.717) is 36.5 Å². The van der Waals surface area contributed by atoms with Crippen molar-refractivity contribution in [3.8, 4) is 11.6 Å². The van der Waals surface area contributed by atoms with Crippen LogP contribution in [0.2, 0.25) is 5.02 Å². The van der Waals surface area contributed by atoms with Gasteiger partial charge in [-0.2, -0.15) is 8.42 Å². The minimum atomic E-state index is -4.23. The normalized spacial score (nSPS) is 18.5. The third-order valence-electron chi connectivity index (χ3n) is 8.27. The number of hydrogen-bond donors (Lipinski definition) is 3. The van der Waals surface area contributed by atoms with Gasteiger partial charge in [-0.15, -0.1) is 5.10 Å². The van der Waals surface area contributed by atoms with Crippen LogP contribution in [0.15, 0.2) is 53.7 Å². The van der Waals surface area contributed by atoms with E-state index >= 15 is 0 Å². The Bertz CT molecular complexity index is 1520. The zero-order valence-corrected chi connectivity index (χ0v) is 26.4. The van der Waals surface area contributed by atoms with E-state index < -0.39 is 15.9 Å². The summed E-state index contributed by atoms with van der Waals surface area (Å²) in [5.41, 5.74) is 0.822. The number of ether oxygens (including phenoxy) is 1. The fourth-order valence-electron chi connectivity index (χ4n) is 5.98. The largest absolute Gasteiger partial charge is 0.477 e. The molecule has 1 aliphatic carbocycles. The molecule has 0 spiro atoms. The number of carbonyl (C=O) groups excluding carboxylic acids is 1. The third kappa shape index (κ3) is 8.49. The van der Waals surface area contributed by atoms with Crippen molar-refractivity contribution >= 4 is 33.3 Å². The molecule has 3 aromatic rings. The summed E-state index contributed by atoms with van der Waals surface area (Å²) in [5.74, 6) is 1.47. The van der Waals surface area contributed by atoms with Gasteiger partial charge in [0, 0.05) is 24.3 Å². The minimum Gasteiger partial charge on any atom is -0.477 e. The Morgan fingerprint density at radius 1 is 1.14 bits per heavy atom. The molecule has 12 heteroatoms. The molecule has 2 aliphatic rings. The molecule has 2 aromatic heterocycles. The summed E-state index contributed by atoms with van der Waals surface area (Å²) >= 11 is 6.41. The van der Waals surface area contributed by atoms with Gasteiger partial charge in [0.05, 0.1) is 22.9 Å². The number of sulfonamides is 1. The first-order chi connectivity index (χ1) is 20.6. The summed E-state index contributed by atoms with van der Waals surface area (Å²) in [6.07, 6.45) is 11.1. The first-order valence-corrected chi connectivity index (χ1v) is 17.0. The Morgan fingerprint density at radius 3 is 2.70 bits per heavy atom. The van der Waals surface area contributed by atoms with Gasteiger partial charge in [-0.3, -0.25) is 4.79 Å². The van der Waals surface area contributed by atoms with Crippen LogP contribution in [0.5, 0.6) is 5.88 Å². The highest BCUT2D eigenvalue weighted by Gasteiger charge is 2.29. The smallest absolute Gasteiger partial charge is 0.281 e. The van der Waals surface area contributed by atoms with Gasteiger partial charge in [-0.25, -0.2) is 14.4 Å². The fraction of sp³-hybridized carbons (Fsp3) is 0.516. The average Bonchev–Trinajstić information content (AvgIpc) is 3.73. The van der Waals surface area contributed by atoms with Crippen molar-refractivity contribution in [1.82, 2.24) is 24.8 Å². The number of benzene rings is 1. The highest BCUT2D eigenvalue weighted by molar-refractivity contribution is 7.90. The first-order valence-electron chi connectivity index (χ1n) is 15.1. The van der Waals surface area contributed by atoms with E-state index in [9.17, 15) is 13.2 Å². The second-order valence-electron chi connectivity index (χ2n) is 12.2. The zero-order valence-electron chi connectivity index (χ0n) is 24.8. The highest BCUT2D eigenvalue weighted by atomic mass is 35.5. The van der Waals surface area contributed by atoms with Crippen molar-refractivity contribution in [2.24, 2.45) is 11.8 Å². The van der Waals surface area contributed by atoms with E-state index in [4.69, 9.17) is 16.3 Å². The molecule has 3 heterocycles. The van der Waals surface area contributed by atoms with Crippen LogP contribution >= 0.6 is 11.6 Å². The van der Waals surface area contributed by atoms with Crippen molar-refractivity contribution in [3.63, 3.8) is 0 Å². The predicted molar refractivity (Wildman–Crippen MR) is 167 cm³/mol. The lowest BCUT2D eigenvalue weighted by Gasteiger charge is -2.17. The van der Waals surface area contributed by atoms with E-state index in [1.165, 1.54) is 37.8 Å². The minimum absolute atomic E-state index is 0.0213. The zero-order chi connectivity index (χ0) is 30.5. The number of halogens is 1. The molecule has 1 saturated heterocycles. The predicted octanol–water partition coefficient (Wildman–Crippen LogP) is 5.58. The van der Waals surface area contributed by atoms with Gasteiger partial charge < -0.3 is 15.4 Å². The molecule has 1 saturated carbocycles. The number of nitrogens with one attached hydrogen (secondary N) is 3. The molecule has 0 bridgehead atoms. The van der Waals surface area contributed by atoms with Crippen LogP contribution in [-0.2, 0) is 10.0 Å². The molecular formula is C31H41ClN6O4S. The number of pyridine rings is 1. The van der Waals surface area contributed by atoms with Crippen molar-refractivity contribution in [2.45, 2.75) is 75.8 Å². The Kier molecular flexibility index (Phi) is 9.93. The molecule has 43 heavy (non-hydrogen) atoms. The molecule has 0 radical (unpaired) electrons. The van der Waals surface area contributed by atoms with Gasteiger partial charge in [-0.1, -0.05) is 43.4 Å². The van der Waals surface area contributed by atoms with E-state index in [-0.39, 0.29) is 21.2 Å². The van der Waals surface area contributed by atoms with Crippen molar-refractivity contribution < 1.29 is 17.9 Å². The lowest BCUT2D eigenvalue weighted by Crippen LogP contribution is -2.31. The van der Waals surface area contributed by atoms with E-state index in [1.54, 1.807) is 41.2 Å². The lowest BCUT2D eigenvalue weighted by molar-refractivity contribution is 0.0981. The number of nitrogens with zero attached hydrogens (tertiary/aromatic N) is 3. The summed E-state index contributed by atoms with van der Waals surface area (Å²) in [6, 6.07) is 11.1. The maximum Gasteiger partial charge on any atom is 0.281 e.